The van der Waals surface area contributed by atoms with E-state index in [4.69, 9.17) is 11.6 Å². The van der Waals surface area contributed by atoms with Gasteiger partial charge in [-0.15, -0.1) is 16.7 Å². The van der Waals surface area contributed by atoms with Gasteiger partial charge < -0.3 is 5.32 Å². The monoisotopic (exact) mass is 267 g/mol. The molecule has 0 aliphatic heterocycles. The number of nitrogens with one attached hydrogen (secondary N) is 1. The third kappa shape index (κ3) is 3.25. The predicted molar refractivity (Wildman–Crippen MR) is 67.1 cm³/mol. The van der Waals surface area contributed by atoms with Crippen molar-refractivity contribution in [1.82, 2.24) is 14.9 Å². The molecule has 1 N–H and O–H groups in total. The first-order valence-corrected chi connectivity index (χ1v) is 6.36. The number of hydrogen-bond acceptors (Lipinski definition) is 4. The van der Waals surface area contributed by atoms with Gasteiger partial charge in [0.15, 0.2) is 5.69 Å². The quantitative estimate of drug-likeness (QED) is 0.864. The van der Waals surface area contributed by atoms with E-state index in [2.05, 4.69) is 14.9 Å². The zero-order valence-electron chi connectivity index (χ0n) is 8.89. The molecule has 0 saturated carbocycles. The molecule has 88 valence electrons. The van der Waals surface area contributed by atoms with Crippen molar-refractivity contribution in [2.45, 2.75) is 12.4 Å². The smallest absolute Gasteiger partial charge is 0.273 e. The van der Waals surface area contributed by atoms with Gasteiger partial charge in [-0.3, -0.25) is 4.79 Å². The second kappa shape index (κ2) is 5.75. The van der Waals surface area contributed by atoms with Crippen molar-refractivity contribution < 1.29 is 4.79 Å². The number of halogens is 1. The van der Waals surface area contributed by atoms with Gasteiger partial charge in [-0.2, -0.15) is 0 Å². The van der Waals surface area contributed by atoms with Crippen LogP contribution < -0.4 is 5.32 Å². The Bertz CT molecular complexity index is 484. The summed E-state index contributed by atoms with van der Waals surface area (Å²) < 4.78 is 3.64. The number of nitrogens with zero attached hydrogens (tertiary/aromatic N) is 2. The maximum atomic E-state index is 11.6. The minimum Gasteiger partial charge on any atom is -0.347 e. The van der Waals surface area contributed by atoms with Crippen molar-refractivity contribution in [2.75, 3.05) is 0 Å². The molecule has 2 rings (SSSR count). The maximum absolute atomic E-state index is 11.6. The number of aromatic nitrogens is 2. The van der Waals surface area contributed by atoms with Crippen LogP contribution in [0, 0.1) is 0 Å². The molecule has 0 fully saturated rings. The highest BCUT2D eigenvalue weighted by atomic mass is 35.5. The first-order valence-electron chi connectivity index (χ1n) is 4.98. The van der Waals surface area contributed by atoms with E-state index in [9.17, 15) is 4.79 Å². The molecular weight excluding hydrogens is 258 g/mol. The molecular formula is C11H10ClN3OS. The maximum Gasteiger partial charge on any atom is 0.273 e. The molecule has 0 bridgehead atoms. The number of alkyl halides is 1. The molecule has 0 aliphatic rings. The summed E-state index contributed by atoms with van der Waals surface area (Å²) in [5.74, 6) is 0.289. The summed E-state index contributed by atoms with van der Waals surface area (Å²) in [6.07, 6.45) is 0. The molecule has 1 heterocycles. The number of benzene rings is 1. The highest BCUT2D eigenvalue weighted by Crippen LogP contribution is 2.07. The first kappa shape index (κ1) is 12.0. The third-order valence-electron chi connectivity index (χ3n) is 2.22. The van der Waals surface area contributed by atoms with E-state index < -0.39 is 0 Å². The van der Waals surface area contributed by atoms with Crippen molar-refractivity contribution in [3.63, 3.8) is 0 Å². The molecule has 0 aliphatic carbocycles. The van der Waals surface area contributed by atoms with Gasteiger partial charge in [0.1, 0.15) is 0 Å². The lowest BCUT2D eigenvalue weighted by molar-refractivity contribution is 0.0946. The summed E-state index contributed by atoms with van der Waals surface area (Å²) in [7, 11) is 0. The van der Waals surface area contributed by atoms with Gasteiger partial charge in [-0.1, -0.05) is 28.8 Å². The number of carbonyl (C=O) groups excluding carboxylic acids is 1. The molecule has 0 unspecified atom stereocenters. The number of rotatable bonds is 4. The van der Waals surface area contributed by atoms with Gasteiger partial charge in [-0.05, 0) is 22.7 Å². The fourth-order valence-electron chi connectivity index (χ4n) is 1.28. The normalized spacial score (nSPS) is 10.2. The topological polar surface area (TPSA) is 54.9 Å². The molecule has 0 spiro atoms. The number of carbonyl (C=O) groups is 1. The fraction of sp³-hybridized carbons (Fsp3) is 0.182. The van der Waals surface area contributed by atoms with Crippen LogP contribution in [0.25, 0.3) is 0 Å². The standard InChI is InChI=1S/C11H10ClN3OS/c12-5-8-1-3-9(4-2-8)6-13-11(16)10-7-17-15-14-10/h1-4,7H,5-6H2,(H,13,16). The van der Waals surface area contributed by atoms with Crippen LogP contribution in [0.5, 0.6) is 0 Å². The highest BCUT2D eigenvalue weighted by molar-refractivity contribution is 7.03. The number of amides is 1. The Morgan fingerprint density at radius 1 is 1.29 bits per heavy atom. The Balaban J connectivity index is 1.91. The van der Waals surface area contributed by atoms with Crippen LogP contribution in [0.4, 0.5) is 0 Å². The minimum absolute atomic E-state index is 0.208. The van der Waals surface area contributed by atoms with Crippen LogP contribution in [0.1, 0.15) is 21.6 Å². The van der Waals surface area contributed by atoms with Gasteiger partial charge in [0.2, 0.25) is 0 Å². The van der Waals surface area contributed by atoms with Crippen LogP contribution in [0.2, 0.25) is 0 Å². The molecule has 1 aromatic carbocycles. The molecule has 4 nitrogen and oxygen atoms in total. The Hall–Kier alpha value is -1.46. The zero-order valence-corrected chi connectivity index (χ0v) is 10.5. The number of hydrogen-bond donors (Lipinski definition) is 1. The van der Waals surface area contributed by atoms with Gasteiger partial charge >= 0.3 is 0 Å². The lowest BCUT2D eigenvalue weighted by atomic mass is 10.1. The summed E-state index contributed by atoms with van der Waals surface area (Å²) in [4.78, 5) is 11.6. The zero-order chi connectivity index (χ0) is 12.1. The van der Waals surface area contributed by atoms with Crippen LogP contribution in [0.15, 0.2) is 29.6 Å². The van der Waals surface area contributed by atoms with E-state index in [1.165, 1.54) is 0 Å². The van der Waals surface area contributed by atoms with Gasteiger partial charge in [-0.25, -0.2) is 0 Å². The van der Waals surface area contributed by atoms with E-state index in [1.54, 1.807) is 5.38 Å². The Morgan fingerprint density at radius 3 is 2.59 bits per heavy atom. The summed E-state index contributed by atoms with van der Waals surface area (Å²) in [5.41, 5.74) is 2.44. The van der Waals surface area contributed by atoms with Gasteiger partial charge in [0.05, 0.1) is 0 Å². The lowest BCUT2D eigenvalue weighted by Crippen LogP contribution is -2.23. The Labute approximate surface area is 108 Å². The SMILES string of the molecule is O=C(NCc1ccc(CCl)cc1)c1csnn1. The Morgan fingerprint density at radius 2 is 2.00 bits per heavy atom. The van der Waals surface area contributed by atoms with Crippen molar-refractivity contribution >= 4 is 29.0 Å². The molecule has 0 saturated heterocycles. The lowest BCUT2D eigenvalue weighted by Gasteiger charge is -2.03. The average molecular weight is 268 g/mol. The van der Waals surface area contributed by atoms with E-state index >= 15 is 0 Å². The average Bonchev–Trinajstić information content (AvgIpc) is 2.90. The van der Waals surface area contributed by atoms with Gasteiger partial charge in [0.25, 0.3) is 5.91 Å². The summed E-state index contributed by atoms with van der Waals surface area (Å²) >= 11 is 6.85. The van der Waals surface area contributed by atoms with Crippen molar-refractivity contribution in [3.8, 4) is 0 Å². The second-order valence-electron chi connectivity index (χ2n) is 3.42. The molecule has 0 atom stereocenters. The molecule has 1 aromatic heterocycles. The van der Waals surface area contributed by atoms with Crippen molar-refractivity contribution in [1.29, 1.82) is 0 Å². The van der Waals surface area contributed by atoms with Crippen LogP contribution in [-0.4, -0.2) is 15.5 Å². The molecule has 0 radical (unpaired) electrons. The molecule has 17 heavy (non-hydrogen) atoms. The van der Waals surface area contributed by atoms with E-state index in [0.29, 0.717) is 18.1 Å². The van der Waals surface area contributed by atoms with Crippen LogP contribution in [0.3, 0.4) is 0 Å². The molecule has 6 heteroatoms. The van der Waals surface area contributed by atoms with E-state index in [1.807, 2.05) is 24.3 Å². The highest BCUT2D eigenvalue weighted by Gasteiger charge is 2.07. The summed E-state index contributed by atoms with van der Waals surface area (Å²) in [6.45, 7) is 0.471. The van der Waals surface area contributed by atoms with Crippen molar-refractivity contribution in [2.24, 2.45) is 0 Å². The van der Waals surface area contributed by atoms with E-state index in [0.717, 1.165) is 22.7 Å². The fourth-order valence-corrected chi connectivity index (χ4v) is 1.90. The predicted octanol–water partition coefficient (Wildman–Crippen LogP) is 2.21. The first-order chi connectivity index (χ1) is 8.29. The second-order valence-corrected chi connectivity index (χ2v) is 4.30. The van der Waals surface area contributed by atoms with Gasteiger partial charge in [0, 0.05) is 17.8 Å². The third-order valence-corrected chi connectivity index (χ3v) is 3.04. The largest absolute Gasteiger partial charge is 0.347 e. The van der Waals surface area contributed by atoms with Crippen LogP contribution in [-0.2, 0) is 12.4 Å². The Kier molecular flexibility index (Phi) is 4.06. The van der Waals surface area contributed by atoms with Crippen LogP contribution >= 0.6 is 23.1 Å². The van der Waals surface area contributed by atoms with E-state index in [-0.39, 0.29) is 5.91 Å². The van der Waals surface area contributed by atoms with Crippen molar-refractivity contribution in [3.05, 3.63) is 46.5 Å². The summed E-state index contributed by atoms with van der Waals surface area (Å²) in [6, 6.07) is 7.77. The molecule has 1 amide bonds. The summed E-state index contributed by atoms with van der Waals surface area (Å²) in [5, 5.41) is 8.08. The molecule has 2 aromatic rings. The minimum atomic E-state index is -0.208.